The Labute approximate surface area is 135 Å². The van der Waals surface area contributed by atoms with Crippen molar-refractivity contribution >= 4 is 23.3 Å². The van der Waals surface area contributed by atoms with Gasteiger partial charge in [0.25, 0.3) is 0 Å². The number of carbonyl (C=O) groups excluding carboxylic acids is 2. The number of carbonyl (C=O) groups is 2. The van der Waals surface area contributed by atoms with Crippen LogP contribution in [0.3, 0.4) is 0 Å². The number of anilines is 2. The van der Waals surface area contributed by atoms with E-state index in [2.05, 4.69) is 22.3 Å². The number of ether oxygens (including phenoxy) is 1. The molecule has 0 aromatic heterocycles. The summed E-state index contributed by atoms with van der Waals surface area (Å²) in [4.78, 5) is 23.3. The molecule has 0 aliphatic heterocycles. The third-order valence-corrected chi connectivity index (χ3v) is 3.38. The number of aryl methyl sites for hydroxylation is 1. The Morgan fingerprint density at radius 2 is 1.78 bits per heavy atom. The zero-order chi connectivity index (χ0) is 16.7. The quantitative estimate of drug-likeness (QED) is 0.804. The SMILES string of the molecule is CCc1cccc(NC(=O)CNc2ccc(C(=O)OC)cc2)c1. The molecule has 0 radical (unpaired) electrons. The molecule has 0 saturated carbocycles. The molecule has 0 heterocycles. The Morgan fingerprint density at radius 3 is 2.43 bits per heavy atom. The van der Waals surface area contributed by atoms with Crippen molar-refractivity contribution in [1.82, 2.24) is 0 Å². The summed E-state index contributed by atoms with van der Waals surface area (Å²) in [6.07, 6.45) is 0.925. The maximum absolute atomic E-state index is 12.0. The number of methoxy groups -OCH3 is 1. The normalized spacial score (nSPS) is 10.0. The van der Waals surface area contributed by atoms with Gasteiger partial charge in [-0.05, 0) is 48.4 Å². The summed E-state index contributed by atoms with van der Waals surface area (Å²) in [6, 6.07) is 14.5. The first-order chi connectivity index (χ1) is 11.1. The van der Waals surface area contributed by atoms with E-state index in [1.807, 2.05) is 24.3 Å². The molecule has 2 aromatic rings. The van der Waals surface area contributed by atoms with Gasteiger partial charge in [0, 0.05) is 11.4 Å². The molecule has 0 unspecified atom stereocenters. The first-order valence-electron chi connectivity index (χ1n) is 7.43. The van der Waals surface area contributed by atoms with E-state index >= 15 is 0 Å². The van der Waals surface area contributed by atoms with Crippen LogP contribution in [0.15, 0.2) is 48.5 Å². The van der Waals surface area contributed by atoms with Gasteiger partial charge in [-0.2, -0.15) is 0 Å². The maximum Gasteiger partial charge on any atom is 0.337 e. The smallest absolute Gasteiger partial charge is 0.337 e. The first kappa shape index (κ1) is 16.5. The van der Waals surface area contributed by atoms with Gasteiger partial charge in [0.2, 0.25) is 5.91 Å². The van der Waals surface area contributed by atoms with Gasteiger partial charge in [0.15, 0.2) is 0 Å². The van der Waals surface area contributed by atoms with Gasteiger partial charge >= 0.3 is 5.97 Å². The summed E-state index contributed by atoms with van der Waals surface area (Å²) in [6.45, 7) is 2.22. The van der Waals surface area contributed by atoms with Crippen molar-refractivity contribution in [2.45, 2.75) is 13.3 Å². The molecule has 0 atom stereocenters. The lowest BCUT2D eigenvalue weighted by Crippen LogP contribution is -2.21. The van der Waals surface area contributed by atoms with Crippen LogP contribution in [0.4, 0.5) is 11.4 Å². The van der Waals surface area contributed by atoms with E-state index in [0.717, 1.165) is 17.8 Å². The average molecular weight is 312 g/mol. The summed E-state index contributed by atoms with van der Waals surface area (Å²) in [5.74, 6) is -0.514. The number of hydrogen-bond acceptors (Lipinski definition) is 4. The topological polar surface area (TPSA) is 67.4 Å². The summed E-state index contributed by atoms with van der Waals surface area (Å²) < 4.78 is 4.64. The maximum atomic E-state index is 12.0. The highest BCUT2D eigenvalue weighted by Gasteiger charge is 2.06. The van der Waals surface area contributed by atoms with Crippen LogP contribution >= 0.6 is 0 Å². The Morgan fingerprint density at radius 1 is 1.04 bits per heavy atom. The van der Waals surface area contributed by atoms with E-state index in [9.17, 15) is 9.59 Å². The van der Waals surface area contributed by atoms with Crippen LogP contribution in [-0.4, -0.2) is 25.5 Å². The summed E-state index contributed by atoms with van der Waals surface area (Å²) >= 11 is 0. The van der Waals surface area contributed by atoms with E-state index in [1.165, 1.54) is 12.7 Å². The Balaban J connectivity index is 1.87. The molecular formula is C18H20N2O3. The minimum Gasteiger partial charge on any atom is -0.465 e. The third-order valence-electron chi connectivity index (χ3n) is 3.38. The van der Waals surface area contributed by atoms with Crippen LogP contribution < -0.4 is 10.6 Å². The largest absolute Gasteiger partial charge is 0.465 e. The summed E-state index contributed by atoms with van der Waals surface area (Å²) in [7, 11) is 1.34. The van der Waals surface area contributed by atoms with Gasteiger partial charge in [-0.3, -0.25) is 4.79 Å². The van der Waals surface area contributed by atoms with Crippen LogP contribution in [0, 0.1) is 0 Å². The summed E-state index contributed by atoms with van der Waals surface area (Å²) in [5, 5.41) is 5.86. The van der Waals surface area contributed by atoms with Crippen LogP contribution in [-0.2, 0) is 16.0 Å². The zero-order valence-electron chi connectivity index (χ0n) is 13.3. The average Bonchev–Trinajstić information content (AvgIpc) is 2.60. The van der Waals surface area contributed by atoms with Crippen molar-refractivity contribution in [3.8, 4) is 0 Å². The zero-order valence-corrected chi connectivity index (χ0v) is 13.3. The van der Waals surface area contributed by atoms with Crippen molar-refractivity contribution in [1.29, 1.82) is 0 Å². The molecule has 2 aromatic carbocycles. The van der Waals surface area contributed by atoms with Crippen LogP contribution in [0.25, 0.3) is 0 Å². The predicted molar refractivity (Wildman–Crippen MR) is 90.7 cm³/mol. The van der Waals surface area contributed by atoms with E-state index in [4.69, 9.17) is 0 Å². The molecule has 1 amide bonds. The van der Waals surface area contributed by atoms with E-state index in [1.54, 1.807) is 24.3 Å². The molecule has 2 N–H and O–H groups in total. The predicted octanol–water partition coefficient (Wildman–Crippen LogP) is 3.09. The Kier molecular flexibility index (Phi) is 5.74. The van der Waals surface area contributed by atoms with Crippen LogP contribution in [0.5, 0.6) is 0 Å². The molecule has 0 fully saturated rings. The number of rotatable bonds is 6. The third kappa shape index (κ3) is 4.85. The fourth-order valence-corrected chi connectivity index (χ4v) is 2.10. The lowest BCUT2D eigenvalue weighted by molar-refractivity contribution is -0.114. The molecule has 5 heteroatoms. The summed E-state index contributed by atoms with van der Waals surface area (Å²) in [5.41, 5.74) is 3.19. The van der Waals surface area contributed by atoms with Crippen molar-refractivity contribution in [2.75, 3.05) is 24.3 Å². The Bertz CT molecular complexity index is 681. The first-order valence-corrected chi connectivity index (χ1v) is 7.43. The molecule has 5 nitrogen and oxygen atoms in total. The highest BCUT2D eigenvalue weighted by atomic mass is 16.5. The van der Waals surface area contributed by atoms with Crippen molar-refractivity contribution in [3.63, 3.8) is 0 Å². The molecule has 0 aliphatic carbocycles. The standard InChI is InChI=1S/C18H20N2O3/c1-3-13-5-4-6-16(11-13)20-17(21)12-19-15-9-7-14(8-10-15)18(22)23-2/h4-11,19H,3,12H2,1-2H3,(H,20,21). The fraction of sp³-hybridized carbons (Fsp3) is 0.222. The van der Waals surface area contributed by atoms with Crippen molar-refractivity contribution in [3.05, 3.63) is 59.7 Å². The van der Waals surface area contributed by atoms with Crippen molar-refractivity contribution < 1.29 is 14.3 Å². The highest BCUT2D eigenvalue weighted by Crippen LogP contribution is 2.12. The monoisotopic (exact) mass is 312 g/mol. The van der Waals surface area contributed by atoms with E-state index in [-0.39, 0.29) is 18.4 Å². The molecule has 0 aliphatic rings. The molecule has 0 bridgehead atoms. The van der Waals surface area contributed by atoms with E-state index < -0.39 is 0 Å². The van der Waals surface area contributed by atoms with Gasteiger partial charge in [0.1, 0.15) is 0 Å². The van der Waals surface area contributed by atoms with Crippen LogP contribution in [0.2, 0.25) is 0 Å². The van der Waals surface area contributed by atoms with Gasteiger partial charge in [0.05, 0.1) is 19.2 Å². The number of esters is 1. The molecular weight excluding hydrogens is 292 g/mol. The number of hydrogen-bond donors (Lipinski definition) is 2. The molecule has 0 saturated heterocycles. The van der Waals surface area contributed by atoms with E-state index in [0.29, 0.717) is 5.56 Å². The number of nitrogens with one attached hydrogen (secondary N) is 2. The minimum absolute atomic E-state index is 0.129. The Hall–Kier alpha value is -2.82. The lowest BCUT2D eigenvalue weighted by Gasteiger charge is -2.09. The molecule has 120 valence electrons. The number of amides is 1. The fourth-order valence-electron chi connectivity index (χ4n) is 2.10. The lowest BCUT2D eigenvalue weighted by atomic mass is 10.1. The van der Waals surface area contributed by atoms with Gasteiger partial charge in [-0.15, -0.1) is 0 Å². The van der Waals surface area contributed by atoms with Crippen molar-refractivity contribution in [2.24, 2.45) is 0 Å². The van der Waals surface area contributed by atoms with Gasteiger partial charge in [-0.1, -0.05) is 19.1 Å². The molecule has 2 rings (SSSR count). The second kappa shape index (κ2) is 7.98. The second-order valence-corrected chi connectivity index (χ2v) is 5.02. The van der Waals surface area contributed by atoms with Crippen LogP contribution in [0.1, 0.15) is 22.8 Å². The minimum atomic E-state index is -0.384. The molecule has 0 spiro atoms. The highest BCUT2D eigenvalue weighted by molar-refractivity contribution is 5.94. The van der Waals surface area contributed by atoms with Gasteiger partial charge in [-0.25, -0.2) is 4.79 Å². The van der Waals surface area contributed by atoms with Gasteiger partial charge < -0.3 is 15.4 Å². The molecule has 23 heavy (non-hydrogen) atoms. The second-order valence-electron chi connectivity index (χ2n) is 5.02. The number of benzene rings is 2.